The summed E-state index contributed by atoms with van der Waals surface area (Å²) in [5.41, 5.74) is 7.51. The summed E-state index contributed by atoms with van der Waals surface area (Å²) >= 11 is 3.50. The first-order valence-corrected chi connectivity index (χ1v) is 4.00. The highest BCUT2D eigenvalue weighted by Gasteiger charge is 2.22. The molecule has 1 atom stereocenters. The van der Waals surface area contributed by atoms with Crippen LogP contribution in [0.1, 0.15) is 20.3 Å². The average Bonchev–Trinajstić information content (AvgIpc) is 1.79. The number of nitrogens with zero attached hydrogens (tertiary/aromatic N) is 1. The molecule has 0 aromatic heterocycles. The Balaban J connectivity index is 2.85. The standard InChI is InChI=1S/C7H11BrN2/c1-5-6(9)3-7(2,8)4-10-5/h4H,3,9H2,1-2H3. The van der Waals surface area contributed by atoms with Crippen molar-refractivity contribution in [2.24, 2.45) is 10.7 Å². The van der Waals surface area contributed by atoms with E-state index >= 15 is 0 Å². The van der Waals surface area contributed by atoms with E-state index in [0.717, 1.165) is 17.8 Å². The lowest BCUT2D eigenvalue weighted by Crippen LogP contribution is -2.24. The van der Waals surface area contributed by atoms with Gasteiger partial charge in [-0.1, -0.05) is 15.9 Å². The smallest absolute Gasteiger partial charge is 0.0635 e. The summed E-state index contributed by atoms with van der Waals surface area (Å²) in [4.78, 5) is 4.15. The van der Waals surface area contributed by atoms with E-state index in [4.69, 9.17) is 5.73 Å². The number of hydrogen-bond acceptors (Lipinski definition) is 2. The fourth-order valence-corrected chi connectivity index (χ4v) is 1.26. The Kier molecular flexibility index (Phi) is 1.86. The highest BCUT2D eigenvalue weighted by atomic mass is 79.9. The van der Waals surface area contributed by atoms with Crippen molar-refractivity contribution < 1.29 is 0 Å². The molecule has 0 radical (unpaired) electrons. The number of hydrogen-bond donors (Lipinski definition) is 1. The van der Waals surface area contributed by atoms with Crippen LogP contribution < -0.4 is 5.73 Å². The summed E-state index contributed by atoms with van der Waals surface area (Å²) in [6.45, 7) is 3.98. The largest absolute Gasteiger partial charge is 0.401 e. The molecule has 0 aliphatic carbocycles. The van der Waals surface area contributed by atoms with E-state index < -0.39 is 0 Å². The van der Waals surface area contributed by atoms with Crippen LogP contribution in [0.5, 0.6) is 0 Å². The van der Waals surface area contributed by atoms with Gasteiger partial charge in [-0.25, -0.2) is 0 Å². The van der Waals surface area contributed by atoms with Gasteiger partial charge in [0.25, 0.3) is 0 Å². The van der Waals surface area contributed by atoms with Crippen molar-refractivity contribution in [2.45, 2.75) is 24.6 Å². The molecule has 1 rings (SSSR count). The van der Waals surface area contributed by atoms with Crippen LogP contribution in [0.3, 0.4) is 0 Å². The van der Waals surface area contributed by atoms with Crippen LogP contribution in [0.15, 0.2) is 16.4 Å². The molecule has 10 heavy (non-hydrogen) atoms. The maximum Gasteiger partial charge on any atom is 0.0635 e. The average molecular weight is 203 g/mol. The molecular weight excluding hydrogens is 192 g/mol. The Hall–Kier alpha value is -0.310. The van der Waals surface area contributed by atoms with Crippen molar-refractivity contribution in [1.29, 1.82) is 0 Å². The van der Waals surface area contributed by atoms with Gasteiger partial charge in [-0.3, -0.25) is 4.99 Å². The van der Waals surface area contributed by atoms with Crippen LogP contribution in [0.4, 0.5) is 0 Å². The normalized spacial score (nSPS) is 33.1. The molecule has 1 unspecified atom stereocenters. The fourth-order valence-electron chi connectivity index (χ4n) is 0.860. The maximum atomic E-state index is 5.69. The van der Waals surface area contributed by atoms with Crippen molar-refractivity contribution in [1.82, 2.24) is 0 Å². The van der Waals surface area contributed by atoms with Gasteiger partial charge in [0.05, 0.1) is 10.0 Å². The zero-order valence-corrected chi connectivity index (χ0v) is 7.77. The van der Waals surface area contributed by atoms with Crippen LogP contribution in [0.2, 0.25) is 0 Å². The van der Waals surface area contributed by atoms with Crippen LogP contribution >= 0.6 is 15.9 Å². The highest BCUT2D eigenvalue weighted by Crippen LogP contribution is 2.27. The molecule has 0 spiro atoms. The summed E-state index contributed by atoms with van der Waals surface area (Å²) in [6, 6.07) is 0. The number of rotatable bonds is 0. The second kappa shape index (κ2) is 2.38. The van der Waals surface area contributed by atoms with Crippen molar-refractivity contribution >= 4 is 22.1 Å². The van der Waals surface area contributed by atoms with Gasteiger partial charge in [0.2, 0.25) is 0 Å². The number of allylic oxidation sites excluding steroid dienone is 2. The third kappa shape index (κ3) is 1.59. The second-order valence-electron chi connectivity index (χ2n) is 2.82. The minimum Gasteiger partial charge on any atom is -0.401 e. The molecule has 56 valence electrons. The summed E-state index contributed by atoms with van der Waals surface area (Å²) in [5.74, 6) is 0. The minimum absolute atomic E-state index is 0.0312. The molecular formula is C7H11BrN2. The van der Waals surface area contributed by atoms with Gasteiger partial charge in [0.15, 0.2) is 0 Å². The summed E-state index contributed by atoms with van der Waals surface area (Å²) in [7, 11) is 0. The quantitative estimate of drug-likeness (QED) is 0.599. The summed E-state index contributed by atoms with van der Waals surface area (Å²) < 4.78 is -0.0312. The molecule has 0 aromatic rings. The van der Waals surface area contributed by atoms with E-state index in [0.29, 0.717) is 0 Å². The first-order chi connectivity index (χ1) is 4.51. The molecule has 1 heterocycles. The van der Waals surface area contributed by atoms with Crippen molar-refractivity contribution in [2.75, 3.05) is 0 Å². The predicted octanol–water partition coefficient (Wildman–Crippen LogP) is 1.80. The zero-order valence-electron chi connectivity index (χ0n) is 6.19. The number of aliphatic imine (C=N–C) groups is 1. The molecule has 0 amide bonds. The Bertz CT molecular complexity index is 204. The maximum absolute atomic E-state index is 5.69. The van der Waals surface area contributed by atoms with Crippen LogP contribution in [-0.4, -0.2) is 10.5 Å². The first kappa shape index (κ1) is 7.79. The van der Waals surface area contributed by atoms with E-state index in [9.17, 15) is 0 Å². The molecule has 0 fully saturated rings. The molecule has 0 bridgehead atoms. The molecule has 2 N–H and O–H groups in total. The van der Waals surface area contributed by atoms with Gasteiger partial charge < -0.3 is 5.73 Å². The van der Waals surface area contributed by atoms with Gasteiger partial charge in [-0.2, -0.15) is 0 Å². The van der Waals surface area contributed by atoms with E-state index in [-0.39, 0.29) is 4.32 Å². The first-order valence-electron chi connectivity index (χ1n) is 3.21. The van der Waals surface area contributed by atoms with Gasteiger partial charge in [0.1, 0.15) is 0 Å². The van der Waals surface area contributed by atoms with E-state index in [1.165, 1.54) is 0 Å². The molecule has 1 aliphatic heterocycles. The molecule has 3 heteroatoms. The summed E-state index contributed by atoms with van der Waals surface area (Å²) in [5, 5.41) is 0. The SMILES string of the molecule is CC1=C(N)CC(C)(Br)C=N1. The van der Waals surface area contributed by atoms with E-state index in [1.54, 1.807) is 0 Å². The van der Waals surface area contributed by atoms with Crippen molar-refractivity contribution in [3.63, 3.8) is 0 Å². The van der Waals surface area contributed by atoms with E-state index in [1.807, 2.05) is 13.1 Å². The lowest BCUT2D eigenvalue weighted by molar-refractivity contribution is 0.800. The van der Waals surface area contributed by atoms with Gasteiger partial charge in [-0.05, 0) is 13.8 Å². The van der Waals surface area contributed by atoms with Gasteiger partial charge >= 0.3 is 0 Å². The van der Waals surface area contributed by atoms with Crippen LogP contribution in [0.25, 0.3) is 0 Å². The third-order valence-corrected chi connectivity index (χ3v) is 2.01. The Labute approximate surface area is 69.3 Å². The molecule has 1 aliphatic rings. The number of alkyl halides is 1. The van der Waals surface area contributed by atoms with E-state index in [2.05, 4.69) is 27.8 Å². The second-order valence-corrected chi connectivity index (χ2v) is 4.64. The monoisotopic (exact) mass is 202 g/mol. The Morgan fingerprint density at radius 1 is 1.80 bits per heavy atom. The van der Waals surface area contributed by atoms with Crippen molar-refractivity contribution in [3.8, 4) is 0 Å². The van der Waals surface area contributed by atoms with Gasteiger partial charge in [-0.15, -0.1) is 0 Å². The minimum atomic E-state index is -0.0312. The van der Waals surface area contributed by atoms with Gasteiger partial charge in [0, 0.05) is 18.3 Å². The zero-order chi connectivity index (χ0) is 7.78. The molecule has 0 aromatic carbocycles. The Morgan fingerprint density at radius 3 is 2.80 bits per heavy atom. The number of halogens is 1. The highest BCUT2D eigenvalue weighted by molar-refractivity contribution is 9.10. The molecule has 0 saturated heterocycles. The molecule has 0 saturated carbocycles. The molecule has 2 nitrogen and oxygen atoms in total. The van der Waals surface area contributed by atoms with Crippen molar-refractivity contribution in [3.05, 3.63) is 11.4 Å². The summed E-state index contributed by atoms with van der Waals surface area (Å²) in [6.07, 6.45) is 2.74. The van der Waals surface area contributed by atoms with Crippen LogP contribution in [-0.2, 0) is 0 Å². The topological polar surface area (TPSA) is 38.4 Å². The predicted molar refractivity (Wildman–Crippen MR) is 47.3 cm³/mol. The lowest BCUT2D eigenvalue weighted by Gasteiger charge is -2.21. The number of nitrogens with two attached hydrogens (primary N) is 1. The van der Waals surface area contributed by atoms with Crippen LogP contribution in [0, 0.1) is 0 Å². The Morgan fingerprint density at radius 2 is 2.40 bits per heavy atom. The lowest BCUT2D eigenvalue weighted by atomic mass is 10.0. The fraction of sp³-hybridized carbons (Fsp3) is 0.571. The third-order valence-electron chi connectivity index (χ3n) is 1.53.